The smallest absolute Gasteiger partial charge is 0.440 e. The minimum atomic E-state index is -5.28. The third kappa shape index (κ3) is 2.87. The number of carbonyl (C=O) groups excluding carboxylic acids is 3. The van der Waals surface area contributed by atoms with Gasteiger partial charge in [-0.2, -0.15) is 13.2 Å². The Bertz CT molecular complexity index is 838. The van der Waals surface area contributed by atoms with Crippen LogP contribution in [0.5, 0.6) is 0 Å². The molecule has 1 fully saturated rings. The Balaban J connectivity index is 1.92. The van der Waals surface area contributed by atoms with Gasteiger partial charge in [0.15, 0.2) is 0 Å². The largest absolute Gasteiger partial charge is 0.467 e. The molecule has 0 saturated carbocycles. The number of alkyl halides is 3. The Labute approximate surface area is 144 Å². The van der Waals surface area contributed by atoms with Crippen LogP contribution in [-0.2, 0) is 11.3 Å². The summed E-state index contributed by atoms with van der Waals surface area (Å²) in [6, 6.07) is 4.09. The number of imide groups is 1. The molecule has 2 aromatic heterocycles. The molecule has 0 radical (unpaired) electrons. The number of furan rings is 1. The van der Waals surface area contributed by atoms with Gasteiger partial charge < -0.3 is 9.73 Å². The summed E-state index contributed by atoms with van der Waals surface area (Å²) >= 11 is 0. The number of urea groups is 1. The zero-order chi connectivity index (χ0) is 18.9. The van der Waals surface area contributed by atoms with E-state index in [1.54, 1.807) is 5.32 Å². The van der Waals surface area contributed by atoms with Crippen LogP contribution in [0.25, 0.3) is 0 Å². The number of hydrogen-bond donors (Lipinski definition) is 2. The highest BCUT2D eigenvalue weighted by molar-refractivity contribution is 6.10. The fourth-order valence-electron chi connectivity index (χ4n) is 2.37. The number of nitrogens with one attached hydrogen (secondary N) is 2. The number of nitrogens with zero attached hydrogens (tertiary/aromatic N) is 2. The van der Waals surface area contributed by atoms with E-state index < -0.39 is 36.2 Å². The summed E-state index contributed by atoms with van der Waals surface area (Å²) in [5.74, 6) is -2.78. The molecule has 0 aromatic carbocycles. The van der Waals surface area contributed by atoms with E-state index >= 15 is 0 Å². The second kappa shape index (κ2) is 6.17. The van der Waals surface area contributed by atoms with Crippen molar-refractivity contribution >= 4 is 17.8 Å². The first-order valence-electron chi connectivity index (χ1n) is 7.20. The molecular formula is C15H11F3N4O4. The minimum absolute atomic E-state index is 0.102. The van der Waals surface area contributed by atoms with Gasteiger partial charge in [-0.25, -0.2) is 4.79 Å². The van der Waals surface area contributed by atoms with Gasteiger partial charge in [-0.3, -0.25) is 24.8 Å². The minimum Gasteiger partial charge on any atom is -0.467 e. The number of carbonyl (C=O) groups is 3. The first-order valence-corrected chi connectivity index (χ1v) is 7.20. The van der Waals surface area contributed by atoms with E-state index in [2.05, 4.69) is 4.98 Å². The molecule has 2 N–H and O–H groups in total. The molecule has 0 bridgehead atoms. The zero-order valence-corrected chi connectivity index (χ0v) is 12.9. The summed E-state index contributed by atoms with van der Waals surface area (Å²) in [5, 5.41) is 3.12. The van der Waals surface area contributed by atoms with Gasteiger partial charge in [0.1, 0.15) is 5.76 Å². The summed E-state index contributed by atoms with van der Waals surface area (Å²) < 4.78 is 45.9. The lowest BCUT2D eigenvalue weighted by Gasteiger charge is -2.29. The van der Waals surface area contributed by atoms with Crippen LogP contribution in [0, 0.1) is 0 Å². The van der Waals surface area contributed by atoms with Crippen LogP contribution in [0.4, 0.5) is 18.0 Å². The second-order valence-electron chi connectivity index (χ2n) is 5.34. The van der Waals surface area contributed by atoms with Gasteiger partial charge in [0.2, 0.25) is 0 Å². The molecule has 1 aliphatic heterocycles. The standard InChI is InChI=1S/C15H11F3N4O4/c16-15(17,18)14(20-11(23)9-3-1-5-19-7-9)12(24)22(13(25)21-14)8-10-4-2-6-26-10/h1-7H,8H2,(H,20,23)(H,21,25)/t14-/m1/s1. The number of pyridine rings is 1. The van der Waals surface area contributed by atoms with Crippen molar-refractivity contribution in [2.24, 2.45) is 0 Å². The van der Waals surface area contributed by atoms with Crippen LogP contribution in [0.3, 0.4) is 0 Å². The molecule has 0 spiro atoms. The summed E-state index contributed by atoms with van der Waals surface area (Å²) in [7, 11) is 0. The molecule has 1 saturated heterocycles. The Kier molecular flexibility index (Phi) is 4.14. The van der Waals surface area contributed by atoms with Gasteiger partial charge in [0.05, 0.1) is 18.4 Å². The summed E-state index contributed by atoms with van der Waals surface area (Å²) in [6.45, 7) is -0.516. The molecule has 0 unspecified atom stereocenters. The SMILES string of the molecule is O=C(N[C@@]1(C(F)(F)F)NC(=O)N(Cc2ccco2)C1=O)c1cccnc1. The first kappa shape index (κ1) is 17.5. The Hall–Kier alpha value is -3.37. The first-order chi connectivity index (χ1) is 12.2. The molecule has 1 atom stereocenters. The van der Waals surface area contributed by atoms with Gasteiger partial charge in [0, 0.05) is 12.4 Å². The van der Waals surface area contributed by atoms with Crippen molar-refractivity contribution in [2.75, 3.05) is 0 Å². The maximum Gasteiger partial charge on any atom is 0.440 e. The monoisotopic (exact) mass is 368 g/mol. The van der Waals surface area contributed by atoms with Crippen molar-refractivity contribution in [2.45, 2.75) is 18.4 Å². The van der Waals surface area contributed by atoms with Gasteiger partial charge in [-0.05, 0) is 24.3 Å². The molecule has 11 heteroatoms. The molecule has 26 heavy (non-hydrogen) atoms. The predicted octanol–water partition coefficient (Wildman–Crippen LogP) is 1.42. The number of halogens is 3. The average molecular weight is 368 g/mol. The van der Waals surface area contributed by atoms with Crippen LogP contribution >= 0.6 is 0 Å². The normalized spacial score (nSPS) is 20.2. The molecular weight excluding hydrogens is 357 g/mol. The van der Waals surface area contributed by atoms with E-state index in [0.717, 1.165) is 6.20 Å². The molecule has 3 heterocycles. The second-order valence-corrected chi connectivity index (χ2v) is 5.34. The highest BCUT2D eigenvalue weighted by atomic mass is 19.4. The zero-order valence-electron chi connectivity index (χ0n) is 12.9. The summed E-state index contributed by atoms with van der Waals surface area (Å²) in [4.78, 5) is 40.5. The molecule has 3 rings (SSSR count). The van der Waals surface area contributed by atoms with Crippen LogP contribution < -0.4 is 10.6 Å². The van der Waals surface area contributed by atoms with Crippen LogP contribution in [-0.4, -0.2) is 39.6 Å². The summed E-state index contributed by atoms with van der Waals surface area (Å²) in [6.07, 6.45) is -1.68. The van der Waals surface area contributed by atoms with E-state index in [9.17, 15) is 27.6 Å². The molecule has 0 aliphatic carbocycles. The van der Waals surface area contributed by atoms with Gasteiger partial charge in [0.25, 0.3) is 17.5 Å². The third-order valence-corrected chi connectivity index (χ3v) is 3.65. The molecule has 4 amide bonds. The fourth-order valence-corrected chi connectivity index (χ4v) is 2.37. The Morgan fingerprint density at radius 1 is 1.31 bits per heavy atom. The fraction of sp³-hybridized carbons (Fsp3) is 0.200. The van der Waals surface area contributed by atoms with Crippen molar-refractivity contribution in [3.63, 3.8) is 0 Å². The topological polar surface area (TPSA) is 105 Å². The van der Waals surface area contributed by atoms with Crippen molar-refractivity contribution in [1.82, 2.24) is 20.5 Å². The van der Waals surface area contributed by atoms with Crippen LogP contribution in [0.2, 0.25) is 0 Å². The lowest BCUT2D eigenvalue weighted by molar-refractivity contribution is -0.200. The number of aromatic nitrogens is 1. The van der Waals surface area contributed by atoms with Crippen molar-refractivity contribution in [3.05, 3.63) is 54.2 Å². The lowest BCUT2D eigenvalue weighted by atomic mass is 10.1. The maximum absolute atomic E-state index is 13.7. The number of amides is 4. The van der Waals surface area contributed by atoms with Gasteiger partial charge in [-0.15, -0.1) is 0 Å². The van der Waals surface area contributed by atoms with Gasteiger partial charge >= 0.3 is 12.2 Å². The van der Waals surface area contributed by atoms with Gasteiger partial charge in [-0.1, -0.05) is 0 Å². The van der Waals surface area contributed by atoms with Crippen molar-refractivity contribution in [1.29, 1.82) is 0 Å². The van der Waals surface area contributed by atoms with E-state index in [1.165, 1.54) is 42.0 Å². The highest BCUT2D eigenvalue weighted by Gasteiger charge is 2.68. The van der Waals surface area contributed by atoms with E-state index in [0.29, 0.717) is 4.90 Å². The number of rotatable bonds is 4. The molecule has 1 aliphatic rings. The molecule has 2 aromatic rings. The van der Waals surface area contributed by atoms with Crippen LogP contribution in [0.1, 0.15) is 16.1 Å². The van der Waals surface area contributed by atoms with Crippen LogP contribution in [0.15, 0.2) is 47.3 Å². The highest BCUT2D eigenvalue weighted by Crippen LogP contribution is 2.34. The summed E-state index contributed by atoms with van der Waals surface area (Å²) in [5.41, 5.74) is -3.79. The van der Waals surface area contributed by atoms with Crippen molar-refractivity contribution < 1.29 is 32.0 Å². The Morgan fingerprint density at radius 2 is 2.08 bits per heavy atom. The maximum atomic E-state index is 13.7. The predicted molar refractivity (Wildman–Crippen MR) is 78.3 cm³/mol. The van der Waals surface area contributed by atoms with E-state index in [1.807, 2.05) is 0 Å². The Morgan fingerprint density at radius 3 is 2.65 bits per heavy atom. The van der Waals surface area contributed by atoms with E-state index in [4.69, 9.17) is 4.42 Å². The van der Waals surface area contributed by atoms with Crippen molar-refractivity contribution in [3.8, 4) is 0 Å². The quantitative estimate of drug-likeness (QED) is 0.794. The third-order valence-electron chi connectivity index (χ3n) is 3.65. The van der Waals surface area contributed by atoms with E-state index in [-0.39, 0.29) is 11.3 Å². The average Bonchev–Trinajstić information content (AvgIpc) is 3.18. The lowest BCUT2D eigenvalue weighted by Crippen LogP contribution is -2.69. The molecule has 8 nitrogen and oxygen atoms in total. The number of hydrogen-bond acceptors (Lipinski definition) is 5. The molecule has 136 valence electrons.